The van der Waals surface area contributed by atoms with Gasteiger partial charge in [0.05, 0.1) is 12.7 Å². The van der Waals surface area contributed by atoms with Crippen LogP contribution in [0.25, 0.3) is 0 Å². The molecule has 1 fully saturated rings. The number of imide groups is 1. The highest BCUT2D eigenvalue weighted by atomic mass is 16.5. The standard InChI is InChI=1S/C15H19N3O3/c1-17(15(20)18-7-6-16-14(18)19)9-13-8-11-4-2-3-5-12(11)10-21-13/h2-5,13H,6-10H2,1H3,(H,16,19)/t13-/m1/s1. The van der Waals surface area contributed by atoms with Gasteiger partial charge in [-0.2, -0.15) is 0 Å². The number of nitrogens with zero attached hydrogens (tertiary/aromatic N) is 2. The maximum Gasteiger partial charge on any atom is 0.328 e. The molecule has 0 aromatic heterocycles. The van der Waals surface area contributed by atoms with Crippen molar-refractivity contribution in [3.8, 4) is 0 Å². The lowest BCUT2D eigenvalue weighted by atomic mass is 9.99. The Labute approximate surface area is 123 Å². The Morgan fingerprint density at radius 2 is 2.19 bits per heavy atom. The van der Waals surface area contributed by atoms with Gasteiger partial charge in [-0.15, -0.1) is 0 Å². The summed E-state index contributed by atoms with van der Waals surface area (Å²) in [5, 5.41) is 2.63. The summed E-state index contributed by atoms with van der Waals surface area (Å²) in [5.74, 6) is 0. The van der Waals surface area contributed by atoms with Crippen LogP contribution in [0.2, 0.25) is 0 Å². The van der Waals surface area contributed by atoms with Crippen molar-refractivity contribution >= 4 is 12.1 Å². The van der Waals surface area contributed by atoms with Gasteiger partial charge in [-0.25, -0.2) is 14.5 Å². The number of fused-ring (bicyclic) bond motifs is 1. The van der Waals surface area contributed by atoms with Crippen LogP contribution in [0.4, 0.5) is 9.59 Å². The number of rotatable bonds is 2. The Morgan fingerprint density at radius 1 is 1.43 bits per heavy atom. The predicted octanol–water partition coefficient (Wildman–Crippen LogP) is 1.20. The zero-order valence-electron chi connectivity index (χ0n) is 12.0. The number of amides is 4. The first kappa shape index (κ1) is 13.9. The van der Waals surface area contributed by atoms with E-state index in [1.165, 1.54) is 16.0 Å². The van der Waals surface area contributed by atoms with Gasteiger partial charge in [-0.3, -0.25) is 0 Å². The Balaban J connectivity index is 1.60. The molecule has 1 N–H and O–H groups in total. The number of urea groups is 2. The highest BCUT2D eigenvalue weighted by molar-refractivity contribution is 5.94. The quantitative estimate of drug-likeness (QED) is 0.890. The van der Waals surface area contributed by atoms with E-state index in [1.807, 2.05) is 12.1 Å². The summed E-state index contributed by atoms with van der Waals surface area (Å²) in [4.78, 5) is 26.5. The highest BCUT2D eigenvalue weighted by Crippen LogP contribution is 2.21. The van der Waals surface area contributed by atoms with Gasteiger partial charge < -0.3 is 15.0 Å². The largest absolute Gasteiger partial charge is 0.371 e. The zero-order valence-corrected chi connectivity index (χ0v) is 12.0. The molecule has 2 aliphatic rings. The lowest BCUT2D eigenvalue weighted by Crippen LogP contribution is -2.46. The molecule has 2 heterocycles. The summed E-state index contributed by atoms with van der Waals surface area (Å²) < 4.78 is 5.80. The Hall–Kier alpha value is -2.08. The van der Waals surface area contributed by atoms with Crippen LogP contribution >= 0.6 is 0 Å². The van der Waals surface area contributed by atoms with Crippen molar-refractivity contribution in [3.05, 3.63) is 35.4 Å². The maximum absolute atomic E-state index is 12.2. The lowest BCUT2D eigenvalue weighted by molar-refractivity contribution is 0.0135. The predicted molar refractivity (Wildman–Crippen MR) is 76.9 cm³/mol. The van der Waals surface area contributed by atoms with Crippen LogP contribution in [0.15, 0.2) is 24.3 Å². The van der Waals surface area contributed by atoms with Crippen molar-refractivity contribution in [1.29, 1.82) is 0 Å². The van der Waals surface area contributed by atoms with Gasteiger partial charge in [0, 0.05) is 33.1 Å². The molecule has 3 rings (SSSR count). The van der Waals surface area contributed by atoms with Crippen LogP contribution in [0.5, 0.6) is 0 Å². The molecule has 0 saturated carbocycles. The van der Waals surface area contributed by atoms with Gasteiger partial charge in [0.15, 0.2) is 0 Å². The van der Waals surface area contributed by atoms with E-state index >= 15 is 0 Å². The number of benzene rings is 1. The van der Waals surface area contributed by atoms with Crippen molar-refractivity contribution < 1.29 is 14.3 Å². The number of hydrogen-bond acceptors (Lipinski definition) is 3. The van der Waals surface area contributed by atoms with Crippen LogP contribution in [0, 0.1) is 0 Å². The van der Waals surface area contributed by atoms with Gasteiger partial charge in [0.25, 0.3) is 0 Å². The molecule has 1 aromatic rings. The first-order valence-electron chi connectivity index (χ1n) is 7.14. The van der Waals surface area contributed by atoms with Gasteiger partial charge >= 0.3 is 12.1 Å². The van der Waals surface area contributed by atoms with Crippen molar-refractivity contribution in [2.24, 2.45) is 0 Å². The molecule has 0 bridgehead atoms. The molecule has 6 heteroatoms. The third-order valence-corrected chi connectivity index (χ3v) is 3.93. The number of ether oxygens (including phenoxy) is 1. The first-order valence-corrected chi connectivity index (χ1v) is 7.14. The molecule has 112 valence electrons. The fourth-order valence-electron chi connectivity index (χ4n) is 2.77. The molecule has 1 atom stereocenters. The van der Waals surface area contributed by atoms with Crippen LogP contribution in [-0.4, -0.2) is 54.6 Å². The molecule has 0 aliphatic carbocycles. The molecule has 1 aromatic carbocycles. The second kappa shape index (κ2) is 5.73. The number of carbonyl (C=O) groups excluding carboxylic acids is 2. The number of carbonyl (C=O) groups is 2. The number of nitrogens with one attached hydrogen (secondary N) is 1. The van der Waals surface area contributed by atoms with E-state index in [1.54, 1.807) is 11.9 Å². The van der Waals surface area contributed by atoms with Gasteiger partial charge in [-0.05, 0) is 11.1 Å². The van der Waals surface area contributed by atoms with Crippen LogP contribution in [0.3, 0.4) is 0 Å². The van der Waals surface area contributed by atoms with E-state index in [4.69, 9.17) is 4.74 Å². The van der Waals surface area contributed by atoms with E-state index < -0.39 is 0 Å². The van der Waals surface area contributed by atoms with E-state index in [0.29, 0.717) is 26.2 Å². The van der Waals surface area contributed by atoms with Crippen LogP contribution in [0.1, 0.15) is 11.1 Å². The summed E-state index contributed by atoms with van der Waals surface area (Å²) in [5.41, 5.74) is 2.48. The minimum Gasteiger partial charge on any atom is -0.371 e. The minimum absolute atomic E-state index is 0.0282. The zero-order chi connectivity index (χ0) is 14.8. The fourth-order valence-corrected chi connectivity index (χ4v) is 2.77. The smallest absolute Gasteiger partial charge is 0.328 e. The van der Waals surface area contributed by atoms with Gasteiger partial charge in [0.1, 0.15) is 0 Å². The number of hydrogen-bond donors (Lipinski definition) is 1. The van der Waals surface area contributed by atoms with Gasteiger partial charge in [0.2, 0.25) is 0 Å². The third kappa shape index (κ3) is 2.85. The molecule has 1 saturated heterocycles. The average molecular weight is 289 g/mol. The molecular weight excluding hydrogens is 270 g/mol. The molecule has 0 unspecified atom stereocenters. The van der Waals surface area contributed by atoms with Crippen molar-refractivity contribution in [2.45, 2.75) is 19.1 Å². The molecule has 2 aliphatic heterocycles. The topological polar surface area (TPSA) is 61.9 Å². The normalized spacial score (nSPS) is 20.9. The third-order valence-electron chi connectivity index (χ3n) is 3.93. The molecule has 0 spiro atoms. The summed E-state index contributed by atoms with van der Waals surface area (Å²) in [6, 6.07) is 7.60. The maximum atomic E-state index is 12.2. The van der Waals surface area contributed by atoms with E-state index in [-0.39, 0.29) is 18.2 Å². The summed E-state index contributed by atoms with van der Waals surface area (Å²) >= 11 is 0. The number of likely N-dealkylation sites (N-methyl/N-ethyl adjacent to an activating group) is 1. The molecule has 21 heavy (non-hydrogen) atoms. The average Bonchev–Trinajstić information content (AvgIpc) is 2.92. The second-order valence-electron chi connectivity index (χ2n) is 5.45. The second-order valence-corrected chi connectivity index (χ2v) is 5.45. The SMILES string of the molecule is CN(C[C@H]1Cc2ccccc2CO1)C(=O)N1CCNC1=O. The molecule has 6 nitrogen and oxygen atoms in total. The fraction of sp³-hybridized carbons (Fsp3) is 0.467. The molecule has 4 amide bonds. The highest BCUT2D eigenvalue weighted by Gasteiger charge is 2.30. The molecular formula is C15H19N3O3. The monoisotopic (exact) mass is 289 g/mol. The Bertz CT molecular complexity index is 561. The van der Waals surface area contributed by atoms with Crippen molar-refractivity contribution in [3.63, 3.8) is 0 Å². The van der Waals surface area contributed by atoms with Crippen LogP contribution < -0.4 is 5.32 Å². The molecule has 0 radical (unpaired) electrons. The van der Waals surface area contributed by atoms with E-state index in [2.05, 4.69) is 17.4 Å². The van der Waals surface area contributed by atoms with E-state index in [9.17, 15) is 9.59 Å². The van der Waals surface area contributed by atoms with Gasteiger partial charge in [-0.1, -0.05) is 24.3 Å². The summed E-state index contributed by atoms with van der Waals surface area (Å²) in [6.07, 6.45) is 0.763. The summed E-state index contributed by atoms with van der Waals surface area (Å²) in [7, 11) is 1.71. The Morgan fingerprint density at radius 3 is 2.90 bits per heavy atom. The summed E-state index contributed by atoms with van der Waals surface area (Å²) in [6.45, 7) is 2.01. The first-order chi connectivity index (χ1) is 10.1. The van der Waals surface area contributed by atoms with Crippen molar-refractivity contribution in [1.82, 2.24) is 15.1 Å². The minimum atomic E-state index is -0.318. The lowest BCUT2D eigenvalue weighted by Gasteiger charge is -2.30. The van der Waals surface area contributed by atoms with Crippen LogP contribution in [-0.2, 0) is 17.8 Å². The van der Waals surface area contributed by atoms with E-state index in [0.717, 1.165) is 6.42 Å². The van der Waals surface area contributed by atoms with Crippen molar-refractivity contribution in [2.75, 3.05) is 26.7 Å². The Kier molecular flexibility index (Phi) is 3.79.